The zero-order valence-electron chi connectivity index (χ0n) is 12.9. The summed E-state index contributed by atoms with van der Waals surface area (Å²) in [6.45, 7) is 11.5. The van der Waals surface area contributed by atoms with Crippen molar-refractivity contribution in [3.05, 3.63) is 0 Å². The molecule has 0 amide bonds. The number of carbonyl (C=O) groups excluding carboxylic acids is 1. The summed E-state index contributed by atoms with van der Waals surface area (Å²) in [7, 11) is 0. The summed E-state index contributed by atoms with van der Waals surface area (Å²) in [6, 6.07) is 0. The number of hydrogen-bond donors (Lipinski definition) is 0. The molecular formula is C14H25F3O2. The van der Waals surface area contributed by atoms with Crippen molar-refractivity contribution in [1.82, 2.24) is 0 Å². The maximum Gasteiger partial charge on any atom is 0.422 e. The number of alkyl halides is 3. The Bertz CT molecular complexity index is 321. The van der Waals surface area contributed by atoms with Crippen molar-refractivity contribution < 1.29 is 22.7 Å². The molecule has 0 saturated carbocycles. The molecule has 19 heavy (non-hydrogen) atoms. The highest BCUT2D eigenvalue weighted by Crippen LogP contribution is 2.47. The van der Waals surface area contributed by atoms with Gasteiger partial charge in [0.15, 0.2) is 6.61 Å². The van der Waals surface area contributed by atoms with E-state index < -0.39 is 29.6 Å². The van der Waals surface area contributed by atoms with Crippen LogP contribution in [0.1, 0.15) is 54.9 Å². The molecule has 0 heterocycles. The summed E-state index contributed by atoms with van der Waals surface area (Å²) in [5, 5.41) is 0. The number of halogens is 3. The predicted molar refractivity (Wildman–Crippen MR) is 68.6 cm³/mol. The fraction of sp³-hybridized carbons (Fsp3) is 0.929. The highest BCUT2D eigenvalue weighted by molar-refractivity contribution is 5.77. The highest BCUT2D eigenvalue weighted by atomic mass is 19.4. The summed E-state index contributed by atoms with van der Waals surface area (Å²) in [5.74, 6) is -0.785. The van der Waals surface area contributed by atoms with Gasteiger partial charge in [-0.1, -0.05) is 41.5 Å². The van der Waals surface area contributed by atoms with Crippen molar-refractivity contribution in [2.45, 2.75) is 61.1 Å². The van der Waals surface area contributed by atoms with E-state index in [4.69, 9.17) is 0 Å². The summed E-state index contributed by atoms with van der Waals surface area (Å²) in [6.07, 6.45) is -4.03. The van der Waals surface area contributed by atoms with Gasteiger partial charge < -0.3 is 4.74 Å². The molecule has 0 spiro atoms. The van der Waals surface area contributed by atoms with Gasteiger partial charge in [-0.2, -0.15) is 13.2 Å². The van der Waals surface area contributed by atoms with Crippen molar-refractivity contribution in [1.29, 1.82) is 0 Å². The fourth-order valence-electron chi connectivity index (χ4n) is 2.01. The second-order valence-electron chi connectivity index (χ2n) is 7.51. The third-order valence-electron chi connectivity index (χ3n) is 3.36. The quantitative estimate of drug-likeness (QED) is 0.708. The van der Waals surface area contributed by atoms with Crippen molar-refractivity contribution in [3.63, 3.8) is 0 Å². The van der Waals surface area contributed by atoms with E-state index in [-0.39, 0.29) is 5.41 Å². The molecule has 0 N–H and O–H groups in total. The lowest BCUT2D eigenvalue weighted by atomic mass is 9.61. The Morgan fingerprint density at radius 2 is 1.37 bits per heavy atom. The van der Waals surface area contributed by atoms with Crippen LogP contribution in [0.2, 0.25) is 0 Å². The average Bonchev–Trinajstić information content (AvgIpc) is 2.07. The maximum atomic E-state index is 12.2. The SMILES string of the molecule is CC(C)(C)CC(C)(C(=O)OCC(F)(F)F)C(C)(C)C. The van der Waals surface area contributed by atoms with E-state index in [1.807, 2.05) is 41.5 Å². The summed E-state index contributed by atoms with van der Waals surface area (Å²) in [4.78, 5) is 12.1. The number of carbonyl (C=O) groups is 1. The van der Waals surface area contributed by atoms with Crippen LogP contribution in [0.25, 0.3) is 0 Å². The van der Waals surface area contributed by atoms with Crippen LogP contribution in [0.3, 0.4) is 0 Å². The first-order chi connectivity index (χ1) is 8.08. The standard InChI is InChI=1S/C14H25F3O2/c1-11(2,3)8-13(7,12(4,5)6)10(18)19-9-14(15,16)17/h8-9H2,1-7H3. The van der Waals surface area contributed by atoms with Gasteiger partial charge in [0.25, 0.3) is 0 Å². The van der Waals surface area contributed by atoms with Crippen LogP contribution in [0.5, 0.6) is 0 Å². The van der Waals surface area contributed by atoms with Gasteiger partial charge in [-0.05, 0) is 24.2 Å². The molecule has 0 bridgehead atoms. The molecule has 0 aromatic heterocycles. The second kappa shape index (κ2) is 5.33. The molecule has 0 aliphatic carbocycles. The van der Waals surface area contributed by atoms with Gasteiger partial charge in [-0.25, -0.2) is 0 Å². The molecule has 1 unspecified atom stereocenters. The van der Waals surface area contributed by atoms with E-state index in [1.54, 1.807) is 6.92 Å². The normalized spacial score (nSPS) is 16.9. The number of hydrogen-bond acceptors (Lipinski definition) is 2. The van der Waals surface area contributed by atoms with Gasteiger partial charge in [-0.15, -0.1) is 0 Å². The molecule has 0 fully saturated rings. The zero-order valence-corrected chi connectivity index (χ0v) is 12.9. The lowest BCUT2D eigenvalue weighted by Gasteiger charge is -2.43. The minimum Gasteiger partial charge on any atom is -0.456 e. The van der Waals surface area contributed by atoms with Gasteiger partial charge >= 0.3 is 12.1 Å². The van der Waals surface area contributed by atoms with Crippen LogP contribution in [-0.2, 0) is 9.53 Å². The largest absolute Gasteiger partial charge is 0.456 e. The van der Waals surface area contributed by atoms with Crippen molar-refractivity contribution >= 4 is 5.97 Å². The first-order valence-electron chi connectivity index (χ1n) is 6.32. The van der Waals surface area contributed by atoms with Crippen molar-refractivity contribution in [3.8, 4) is 0 Å². The fourth-order valence-corrected chi connectivity index (χ4v) is 2.01. The maximum absolute atomic E-state index is 12.2. The van der Waals surface area contributed by atoms with Gasteiger partial charge in [-0.3, -0.25) is 4.79 Å². The Labute approximate surface area is 113 Å². The van der Waals surface area contributed by atoms with Crippen molar-refractivity contribution in [2.75, 3.05) is 6.61 Å². The lowest BCUT2D eigenvalue weighted by Crippen LogP contribution is -2.45. The minimum absolute atomic E-state index is 0.181. The molecule has 114 valence electrons. The monoisotopic (exact) mass is 282 g/mol. The molecule has 0 aromatic rings. The average molecular weight is 282 g/mol. The van der Waals surface area contributed by atoms with Crippen LogP contribution < -0.4 is 0 Å². The summed E-state index contributed by atoms with van der Waals surface area (Å²) in [5.41, 5.74) is -1.63. The first-order valence-corrected chi connectivity index (χ1v) is 6.32. The summed E-state index contributed by atoms with van der Waals surface area (Å²) < 4.78 is 41.0. The van der Waals surface area contributed by atoms with E-state index >= 15 is 0 Å². The lowest BCUT2D eigenvalue weighted by molar-refractivity contribution is -0.198. The van der Waals surface area contributed by atoms with E-state index in [0.29, 0.717) is 6.42 Å². The molecule has 0 saturated heterocycles. The third-order valence-corrected chi connectivity index (χ3v) is 3.36. The van der Waals surface area contributed by atoms with E-state index in [2.05, 4.69) is 4.74 Å². The van der Waals surface area contributed by atoms with Gasteiger partial charge in [0.05, 0.1) is 5.41 Å². The van der Waals surface area contributed by atoms with Crippen LogP contribution >= 0.6 is 0 Å². The van der Waals surface area contributed by atoms with Gasteiger partial charge in [0, 0.05) is 0 Å². The molecule has 5 heteroatoms. The van der Waals surface area contributed by atoms with E-state index in [9.17, 15) is 18.0 Å². The Kier molecular flexibility index (Phi) is 5.12. The first kappa shape index (κ1) is 18.3. The van der Waals surface area contributed by atoms with E-state index in [1.165, 1.54) is 0 Å². The third kappa shape index (κ3) is 5.83. The minimum atomic E-state index is -4.49. The summed E-state index contributed by atoms with van der Waals surface area (Å²) >= 11 is 0. The van der Waals surface area contributed by atoms with Crippen LogP contribution in [0.15, 0.2) is 0 Å². The van der Waals surface area contributed by atoms with Crippen LogP contribution in [0.4, 0.5) is 13.2 Å². The Morgan fingerprint density at radius 3 is 1.63 bits per heavy atom. The molecule has 0 aliphatic heterocycles. The number of ether oxygens (including phenoxy) is 1. The number of rotatable bonds is 3. The zero-order chi connectivity index (χ0) is 15.7. The predicted octanol–water partition coefficient (Wildman–Crippen LogP) is 4.58. The molecular weight excluding hydrogens is 257 g/mol. The number of esters is 1. The van der Waals surface area contributed by atoms with Gasteiger partial charge in [0.2, 0.25) is 0 Å². The Hall–Kier alpha value is -0.740. The van der Waals surface area contributed by atoms with Crippen molar-refractivity contribution in [2.24, 2.45) is 16.2 Å². The molecule has 0 rings (SSSR count). The van der Waals surface area contributed by atoms with E-state index in [0.717, 1.165) is 0 Å². The smallest absolute Gasteiger partial charge is 0.422 e. The van der Waals surface area contributed by atoms with Gasteiger partial charge in [0.1, 0.15) is 0 Å². The Balaban J connectivity index is 5.12. The highest BCUT2D eigenvalue weighted by Gasteiger charge is 2.48. The molecule has 0 aromatic carbocycles. The molecule has 1 atom stereocenters. The van der Waals surface area contributed by atoms with Crippen LogP contribution in [0, 0.1) is 16.2 Å². The molecule has 0 radical (unpaired) electrons. The topological polar surface area (TPSA) is 26.3 Å². The second-order valence-corrected chi connectivity index (χ2v) is 7.51. The molecule has 2 nitrogen and oxygen atoms in total. The van der Waals surface area contributed by atoms with Crippen LogP contribution in [-0.4, -0.2) is 18.8 Å². The molecule has 0 aliphatic rings. The Morgan fingerprint density at radius 1 is 0.947 bits per heavy atom.